The van der Waals surface area contributed by atoms with Crippen LogP contribution in [0.4, 0.5) is 0 Å². The van der Waals surface area contributed by atoms with Gasteiger partial charge < -0.3 is 9.64 Å². The topological polar surface area (TPSA) is 41.6 Å². The SMILES string of the molecule is O=C1N2CCC(CC2)C12CCNCO2. The molecule has 4 saturated heterocycles. The third-order valence-electron chi connectivity index (χ3n) is 3.91. The van der Waals surface area contributed by atoms with Crippen molar-refractivity contribution in [2.75, 3.05) is 26.4 Å². The fourth-order valence-electron chi connectivity index (χ4n) is 3.08. The number of ether oxygens (including phenoxy) is 1. The fourth-order valence-corrected chi connectivity index (χ4v) is 3.08. The Morgan fingerprint density at radius 2 is 2.21 bits per heavy atom. The Morgan fingerprint density at radius 1 is 1.43 bits per heavy atom. The quantitative estimate of drug-likeness (QED) is 0.590. The van der Waals surface area contributed by atoms with E-state index in [0.29, 0.717) is 12.6 Å². The lowest BCUT2D eigenvalue weighted by atomic mass is 9.72. The first kappa shape index (κ1) is 8.68. The van der Waals surface area contributed by atoms with E-state index in [2.05, 4.69) is 5.32 Å². The van der Waals surface area contributed by atoms with Crippen LogP contribution in [-0.4, -0.2) is 42.8 Å². The van der Waals surface area contributed by atoms with Crippen molar-refractivity contribution >= 4 is 5.91 Å². The Bertz CT molecular complexity index is 253. The van der Waals surface area contributed by atoms with Gasteiger partial charge in [-0.05, 0) is 19.3 Å². The smallest absolute Gasteiger partial charge is 0.255 e. The van der Waals surface area contributed by atoms with Crippen LogP contribution in [0.5, 0.6) is 0 Å². The van der Waals surface area contributed by atoms with Crippen LogP contribution < -0.4 is 5.32 Å². The predicted molar refractivity (Wildman–Crippen MR) is 50.6 cm³/mol. The third-order valence-corrected chi connectivity index (χ3v) is 3.91. The zero-order valence-corrected chi connectivity index (χ0v) is 8.29. The minimum Gasteiger partial charge on any atom is -0.350 e. The molecule has 0 aromatic heterocycles. The lowest BCUT2D eigenvalue weighted by molar-refractivity contribution is -0.196. The molecule has 1 N–H and O–H groups in total. The molecule has 4 aliphatic rings. The number of carbonyl (C=O) groups excluding carboxylic acids is 1. The predicted octanol–water partition coefficient (Wildman–Crippen LogP) is -0.0552. The van der Waals surface area contributed by atoms with Gasteiger partial charge in [0.1, 0.15) is 0 Å². The second kappa shape index (κ2) is 2.94. The number of piperidine rings is 3. The van der Waals surface area contributed by atoms with Gasteiger partial charge in [-0.1, -0.05) is 0 Å². The first-order valence-electron chi connectivity index (χ1n) is 5.47. The summed E-state index contributed by atoms with van der Waals surface area (Å²) >= 11 is 0. The molecule has 4 heteroatoms. The first-order valence-corrected chi connectivity index (χ1v) is 5.47. The normalized spacial score (nSPS) is 42.1. The third kappa shape index (κ3) is 0.982. The molecule has 0 aliphatic carbocycles. The molecule has 2 bridgehead atoms. The maximum absolute atomic E-state index is 12.1. The summed E-state index contributed by atoms with van der Waals surface area (Å²) in [5.41, 5.74) is -0.443. The Kier molecular flexibility index (Phi) is 1.82. The van der Waals surface area contributed by atoms with E-state index in [4.69, 9.17) is 4.74 Å². The van der Waals surface area contributed by atoms with Crippen LogP contribution in [-0.2, 0) is 9.53 Å². The molecule has 0 radical (unpaired) electrons. The molecule has 0 aromatic rings. The van der Waals surface area contributed by atoms with E-state index in [1.165, 1.54) is 0 Å². The molecule has 1 spiro atoms. The molecule has 4 heterocycles. The summed E-state index contributed by atoms with van der Waals surface area (Å²) in [5, 5.41) is 3.14. The molecule has 4 nitrogen and oxygen atoms in total. The maximum Gasteiger partial charge on any atom is 0.255 e. The minimum atomic E-state index is -0.443. The molecular weight excluding hydrogens is 180 g/mol. The summed E-state index contributed by atoms with van der Waals surface area (Å²) in [6.45, 7) is 3.34. The van der Waals surface area contributed by atoms with Crippen molar-refractivity contribution in [2.24, 2.45) is 5.92 Å². The summed E-state index contributed by atoms with van der Waals surface area (Å²) in [5.74, 6) is 0.726. The molecule has 1 unspecified atom stereocenters. The summed E-state index contributed by atoms with van der Waals surface area (Å²) < 4.78 is 5.75. The van der Waals surface area contributed by atoms with Crippen molar-refractivity contribution in [1.82, 2.24) is 10.2 Å². The van der Waals surface area contributed by atoms with Crippen LogP contribution >= 0.6 is 0 Å². The highest BCUT2D eigenvalue weighted by Crippen LogP contribution is 2.42. The minimum absolute atomic E-state index is 0.251. The summed E-state index contributed by atoms with van der Waals surface area (Å²) in [7, 11) is 0. The highest BCUT2D eigenvalue weighted by atomic mass is 16.5. The number of nitrogens with one attached hydrogen (secondary N) is 1. The number of fused-ring (bicyclic) bond motifs is 2. The molecule has 14 heavy (non-hydrogen) atoms. The van der Waals surface area contributed by atoms with Crippen LogP contribution in [0, 0.1) is 5.92 Å². The molecule has 78 valence electrons. The Hall–Kier alpha value is -0.610. The Morgan fingerprint density at radius 3 is 2.79 bits per heavy atom. The Balaban J connectivity index is 1.92. The molecular formula is C10H16N2O2. The number of hydrogen-bond donors (Lipinski definition) is 1. The number of carbonyl (C=O) groups is 1. The fraction of sp³-hybridized carbons (Fsp3) is 0.900. The molecule has 4 rings (SSSR count). The van der Waals surface area contributed by atoms with Crippen molar-refractivity contribution < 1.29 is 9.53 Å². The monoisotopic (exact) mass is 196 g/mol. The highest BCUT2D eigenvalue weighted by molar-refractivity contribution is 5.87. The van der Waals surface area contributed by atoms with Gasteiger partial charge in [0.15, 0.2) is 5.60 Å². The summed E-state index contributed by atoms with van der Waals surface area (Å²) in [6.07, 6.45) is 3.12. The molecule has 4 aliphatic heterocycles. The van der Waals surface area contributed by atoms with Gasteiger partial charge in [0.2, 0.25) is 0 Å². The lowest BCUT2D eigenvalue weighted by Crippen LogP contribution is -2.67. The Labute approximate surface area is 83.6 Å². The number of hydrogen-bond acceptors (Lipinski definition) is 3. The number of rotatable bonds is 0. The van der Waals surface area contributed by atoms with E-state index >= 15 is 0 Å². The maximum atomic E-state index is 12.1. The van der Waals surface area contributed by atoms with E-state index in [1.807, 2.05) is 4.90 Å². The van der Waals surface area contributed by atoms with Crippen molar-refractivity contribution in [1.29, 1.82) is 0 Å². The van der Waals surface area contributed by atoms with E-state index in [9.17, 15) is 4.79 Å². The van der Waals surface area contributed by atoms with Gasteiger partial charge in [-0.2, -0.15) is 0 Å². The van der Waals surface area contributed by atoms with Crippen molar-refractivity contribution in [3.63, 3.8) is 0 Å². The van der Waals surface area contributed by atoms with Gasteiger partial charge in [-0.25, -0.2) is 0 Å². The van der Waals surface area contributed by atoms with E-state index in [1.54, 1.807) is 0 Å². The van der Waals surface area contributed by atoms with E-state index < -0.39 is 5.60 Å². The average Bonchev–Trinajstić information content (AvgIpc) is 2.27. The van der Waals surface area contributed by atoms with Gasteiger partial charge in [-0.15, -0.1) is 0 Å². The number of nitrogens with zero attached hydrogens (tertiary/aromatic N) is 1. The summed E-state index contributed by atoms with van der Waals surface area (Å²) in [6, 6.07) is 0. The largest absolute Gasteiger partial charge is 0.350 e. The van der Waals surface area contributed by atoms with E-state index in [-0.39, 0.29) is 5.91 Å². The molecule has 1 amide bonds. The second-order valence-corrected chi connectivity index (χ2v) is 4.49. The highest BCUT2D eigenvalue weighted by Gasteiger charge is 2.55. The van der Waals surface area contributed by atoms with Gasteiger partial charge in [0, 0.05) is 25.6 Å². The van der Waals surface area contributed by atoms with Crippen LogP contribution in [0.1, 0.15) is 19.3 Å². The van der Waals surface area contributed by atoms with Gasteiger partial charge >= 0.3 is 0 Å². The van der Waals surface area contributed by atoms with Crippen molar-refractivity contribution in [3.05, 3.63) is 0 Å². The molecule has 0 aromatic carbocycles. The van der Waals surface area contributed by atoms with Crippen LogP contribution in [0.3, 0.4) is 0 Å². The standard InChI is InChI=1S/C10H16N2O2/c13-9-10(3-4-11-7-14-10)8-1-5-12(9)6-2-8/h8,11H,1-7H2. The molecule has 0 saturated carbocycles. The van der Waals surface area contributed by atoms with Gasteiger partial charge in [-0.3, -0.25) is 10.1 Å². The van der Waals surface area contributed by atoms with E-state index in [0.717, 1.165) is 38.9 Å². The van der Waals surface area contributed by atoms with Crippen molar-refractivity contribution in [2.45, 2.75) is 24.9 Å². The average molecular weight is 196 g/mol. The lowest BCUT2D eigenvalue weighted by Gasteiger charge is -2.53. The zero-order chi connectivity index (χ0) is 9.60. The molecule has 4 fully saturated rings. The van der Waals surface area contributed by atoms with Crippen LogP contribution in [0.2, 0.25) is 0 Å². The first-order chi connectivity index (χ1) is 6.83. The second-order valence-electron chi connectivity index (χ2n) is 4.49. The van der Waals surface area contributed by atoms with Gasteiger partial charge in [0.05, 0.1) is 6.73 Å². The van der Waals surface area contributed by atoms with Gasteiger partial charge in [0.25, 0.3) is 5.91 Å². The summed E-state index contributed by atoms with van der Waals surface area (Å²) in [4.78, 5) is 14.1. The van der Waals surface area contributed by atoms with Crippen LogP contribution in [0.15, 0.2) is 0 Å². The number of amides is 1. The molecule has 1 atom stereocenters. The van der Waals surface area contributed by atoms with Crippen molar-refractivity contribution in [3.8, 4) is 0 Å². The van der Waals surface area contributed by atoms with Crippen LogP contribution in [0.25, 0.3) is 0 Å². The zero-order valence-electron chi connectivity index (χ0n) is 8.29.